The predicted octanol–water partition coefficient (Wildman–Crippen LogP) is 1.67. The van der Waals surface area contributed by atoms with Crippen LogP contribution in [0.2, 0.25) is 0 Å². The predicted molar refractivity (Wildman–Crippen MR) is 76.4 cm³/mol. The van der Waals surface area contributed by atoms with Gasteiger partial charge in [0.05, 0.1) is 30.6 Å². The third-order valence-corrected chi connectivity index (χ3v) is 3.61. The number of hydrogen-bond donors (Lipinski definition) is 2. The summed E-state index contributed by atoms with van der Waals surface area (Å²) >= 11 is 0. The van der Waals surface area contributed by atoms with Crippen LogP contribution in [0.15, 0.2) is 18.2 Å². The summed E-state index contributed by atoms with van der Waals surface area (Å²) in [5.41, 5.74) is 2.09. The first-order valence-electron chi connectivity index (χ1n) is 6.93. The summed E-state index contributed by atoms with van der Waals surface area (Å²) in [6, 6.07) is 5.54. The van der Waals surface area contributed by atoms with E-state index < -0.39 is 5.97 Å². The summed E-state index contributed by atoms with van der Waals surface area (Å²) in [7, 11) is 0. The normalized spacial score (nSPS) is 16.4. The maximum atomic E-state index is 11.3. The van der Waals surface area contributed by atoms with E-state index in [0.29, 0.717) is 12.2 Å². The van der Waals surface area contributed by atoms with E-state index in [2.05, 4.69) is 4.90 Å². The molecular weight excluding hydrogens is 258 g/mol. The van der Waals surface area contributed by atoms with Crippen LogP contribution >= 0.6 is 0 Å². The van der Waals surface area contributed by atoms with Crippen molar-refractivity contribution in [1.82, 2.24) is 0 Å². The zero-order chi connectivity index (χ0) is 14.5. The van der Waals surface area contributed by atoms with Crippen molar-refractivity contribution in [3.05, 3.63) is 29.3 Å². The Hall–Kier alpha value is -1.59. The lowest BCUT2D eigenvalue weighted by Gasteiger charge is -2.34. The molecule has 0 unspecified atom stereocenters. The Morgan fingerprint density at radius 1 is 1.40 bits per heavy atom. The van der Waals surface area contributed by atoms with Crippen LogP contribution in [0.1, 0.15) is 28.8 Å². The lowest BCUT2D eigenvalue weighted by Crippen LogP contribution is -2.38. The highest BCUT2D eigenvalue weighted by Gasteiger charge is 2.23. The fourth-order valence-electron chi connectivity index (χ4n) is 2.58. The number of aryl methyl sites for hydroxylation is 1. The van der Waals surface area contributed by atoms with Gasteiger partial charge in [-0.3, -0.25) is 0 Å². The van der Waals surface area contributed by atoms with Crippen molar-refractivity contribution < 1.29 is 19.7 Å². The molecule has 0 saturated carbocycles. The summed E-state index contributed by atoms with van der Waals surface area (Å²) in [5.74, 6) is -0.887. The first kappa shape index (κ1) is 14.8. The SMILES string of the molecule is Cc1ccc(N2CCC(OCCO)CC2)c(C(=O)O)c1. The number of aliphatic hydroxyl groups excluding tert-OH is 1. The second-order valence-corrected chi connectivity index (χ2v) is 5.11. The number of piperidine rings is 1. The Kier molecular flexibility index (Phi) is 4.98. The van der Waals surface area contributed by atoms with E-state index in [-0.39, 0.29) is 12.7 Å². The van der Waals surface area contributed by atoms with E-state index >= 15 is 0 Å². The van der Waals surface area contributed by atoms with Gasteiger partial charge in [-0.1, -0.05) is 11.6 Å². The Morgan fingerprint density at radius 2 is 2.10 bits per heavy atom. The molecule has 1 saturated heterocycles. The van der Waals surface area contributed by atoms with Crippen LogP contribution in [0.5, 0.6) is 0 Å². The highest BCUT2D eigenvalue weighted by atomic mass is 16.5. The first-order valence-corrected chi connectivity index (χ1v) is 6.93. The molecule has 0 aliphatic carbocycles. The molecule has 0 atom stereocenters. The lowest BCUT2D eigenvalue weighted by molar-refractivity contribution is 0.0159. The molecule has 1 aromatic carbocycles. The molecule has 0 radical (unpaired) electrons. The smallest absolute Gasteiger partial charge is 0.337 e. The fourth-order valence-corrected chi connectivity index (χ4v) is 2.58. The number of carboxylic acids is 1. The molecule has 1 heterocycles. The number of hydrogen-bond acceptors (Lipinski definition) is 4. The number of ether oxygens (including phenoxy) is 1. The molecule has 0 spiro atoms. The second kappa shape index (κ2) is 6.72. The monoisotopic (exact) mass is 279 g/mol. The average Bonchev–Trinajstić information content (AvgIpc) is 2.45. The number of aliphatic hydroxyl groups is 1. The highest BCUT2D eigenvalue weighted by molar-refractivity contribution is 5.94. The van der Waals surface area contributed by atoms with Crippen molar-refractivity contribution in [1.29, 1.82) is 0 Å². The van der Waals surface area contributed by atoms with Crippen molar-refractivity contribution >= 4 is 11.7 Å². The quantitative estimate of drug-likeness (QED) is 0.858. The van der Waals surface area contributed by atoms with Gasteiger partial charge in [-0.2, -0.15) is 0 Å². The Balaban J connectivity index is 2.05. The van der Waals surface area contributed by atoms with Crippen LogP contribution in [0.4, 0.5) is 5.69 Å². The zero-order valence-electron chi connectivity index (χ0n) is 11.7. The molecule has 5 nitrogen and oxygen atoms in total. The van der Waals surface area contributed by atoms with Crippen LogP contribution in [0, 0.1) is 6.92 Å². The number of carboxylic acid groups (broad SMARTS) is 1. The zero-order valence-corrected chi connectivity index (χ0v) is 11.7. The molecular formula is C15H21NO4. The van der Waals surface area contributed by atoms with Gasteiger partial charge in [-0.25, -0.2) is 4.79 Å². The minimum Gasteiger partial charge on any atom is -0.478 e. The number of rotatable bonds is 5. The molecule has 1 aliphatic heterocycles. The van der Waals surface area contributed by atoms with Crippen molar-refractivity contribution in [2.45, 2.75) is 25.9 Å². The van der Waals surface area contributed by atoms with Gasteiger partial charge >= 0.3 is 5.97 Å². The third-order valence-electron chi connectivity index (χ3n) is 3.61. The Morgan fingerprint density at radius 3 is 2.70 bits per heavy atom. The molecule has 2 rings (SSSR count). The first-order chi connectivity index (χ1) is 9.61. The van der Waals surface area contributed by atoms with Gasteiger partial charge in [-0.05, 0) is 31.9 Å². The number of anilines is 1. The van der Waals surface area contributed by atoms with Crippen LogP contribution in [0.25, 0.3) is 0 Å². The van der Waals surface area contributed by atoms with Crippen LogP contribution in [0.3, 0.4) is 0 Å². The summed E-state index contributed by atoms with van der Waals surface area (Å²) in [5, 5.41) is 18.1. The summed E-state index contributed by atoms with van der Waals surface area (Å²) in [6.07, 6.45) is 1.87. The number of benzene rings is 1. The number of aromatic carboxylic acids is 1. The summed E-state index contributed by atoms with van der Waals surface area (Å²) < 4.78 is 5.52. The minimum atomic E-state index is -0.887. The molecule has 0 aromatic heterocycles. The van der Waals surface area contributed by atoms with Crippen molar-refractivity contribution in [3.8, 4) is 0 Å². The maximum Gasteiger partial charge on any atom is 0.337 e. The van der Waals surface area contributed by atoms with E-state index in [1.165, 1.54) is 0 Å². The highest BCUT2D eigenvalue weighted by Crippen LogP contribution is 2.26. The molecule has 2 N–H and O–H groups in total. The van der Waals surface area contributed by atoms with Crippen molar-refractivity contribution in [2.24, 2.45) is 0 Å². The van der Waals surface area contributed by atoms with Gasteiger partial charge in [-0.15, -0.1) is 0 Å². The lowest BCUT2D eigenvalue weighted by atomic mass is 10.0. The average molecular weight is 279 g/mol. The van der Waals surface area contributed by atoms with E-state index in [1.54, 1.807) is 6.07 Å². The van der Waals surface area contributed by atoms with Gasteiger partial charge in [0.15, 0.2) is 0 Å². The second-order valence-electron chi connectivity index (χ2n) is 5.11. The molecule has 1 aromatic rings. The van der Waals surface area contributed by atoms with E-state index in [9.17, 15) is 9.90 Å². The Bertz CT molecular complexity index is 467. The number of carbonyl (C=O) groups is 1. The third kappa shape index (κ3) is 3.49. The molecule has 1 fully saturated rings. The van der Waals surface area contributed by atoms with Crippen LogP contribution in [-0.4, -0.2) is 48.6 Å². The molecule has 0 amide bonds. The maximum absolute atomic E-state index is 11.3. The summed E-state index contributed by atoms with van der Waals surface area (Å²) in [6.45, 7) is 3.86. The molecule has 5 heteroatoms. The van der Waals surface area contributed by atoms with Crippen LogP contribution < -0.4 is 4.90 Å². The molecule has 1 aliphatic rings. The number of nitrogens with zero attached hydrogens (tertiary/aromatic N) is 1. The van der Waals surface area contributed by atoms with E-state index in [1.807, 2.05) is 19.1 Å². The summed E-state index contributed by atoms with van der Waals surface area (Å²) in [4.78, 5) is 13.4. The van der Waals surface area contributed by atoms with E-state index in [4.69, 9.17) is 9.84 Å². The van der Waals surface area contributed by atoms with Gasteiger partial charge in [0.25, 0.3) is 0 Å². The van der Waals surface area contributed by atoms with Crippen molar-refractivity contribution in [2.75, 3.05) is 31.2 Å². The Labute approximate surface area is 118 Å². The largest absolute Gasteiger partial charge is 0.478 e. The van der Waals surface area contributed by atoms with Gasteiger partial charge in [0.2, 0.25) is 0 Å². The molecule has 0 bridgehead atoms. The standard InChI is InChI=1S/C15H21NO4/c1-11-2-3-14(13(10-11)15(18)19)16-6-4-12(5-7-16)20-9-8-17/h2-3,10,12,17H,4-9H2,1H3,(H,18,19). The molecule has 20 heavy (non-hydrogen) atoms. The topological polar surface area (TPSA) is 70.0 Å². The van der Waals surface area contributed by atoms with E-state index in [0.717, 1.165) is 37.2 Å². The van der Waals surface area contributed by atoms with Crippen molar-refractivity contribution in [3.63, 3.8) is 0 Å². The minimum absolute atomic E-state index is 0.0430. The van der Waals surface area contributed by atoms with Gasteiger partial charge in [0, 0.05) is 13.1 Å². The van der Waals surface area contributed by atoms with Crippen LogP contribution in [-0.2, 0) is 4.74 Å². The van der Waals surface area contributed by atoms with Gasteiger partial charge < -0.3 is 19.8 Å². The fraction of sp³-hybridized carbons (Fsp3) is 0.533. The van der Waals surface area contributed by atoms with Gasteiger partial charge in [0.1, 0.15) is 0 Å². The molecule has 110 valence electrons.